The smallest absolute Gasteiger partial charge is 0.407 e. The molecule has 0 spiro atoms. The summed E-state index contributed by atoms with van der Waals surface area (Å²) in [6, 6.07) is 13.6. The average molecular weight is 1400 g/mol. The number of hydrogen-bond donors (Lipinski definition) is 6. The highest BCUT2D eigenvalue weighted by Crippen LogP contribution is 2.35. The van der Waals surface area contributed by atoms with Crippen molar-refractivity contribution in [2.24, 2.45) is 28.7 Å². The van der Waals surface area contributed by atoms with E-state index in [1.165, 1.54) is 11.3 Å². The molecular weight excluding hydrogens is 1290 g/mol. The third-order valence-corrected chi connectivity index (χ3v) is 18.4. The van der Waals surface area contributed by atoms with E-state index >= 15 is 0 Å². The maximum atomic E-state index is 14.8. The Morgan fingerprint density at radius 3 is 2.14 bits per heavy atom. The van der Waals surface area contributed by atoms with Gasteiger partial charge in [-0.2, -0.15) is 4.98 Å². The van der Waals surface area contributed by atoms with Crippen LogP contribution in [0.3, 0.4) is 0 Å². The number of phenols is 1. The number of likely N-dealkylation sites (tertiary alicyclic amines) is 1. The first kappa shape index (κ1) is 82.2. The second-order valence-electron chi connectivity index (χ2n) is 25.6. The molecular formula is C73H111N11O14S. The molecule has 2 aromatic carbocycles. The molecule has 4 aromatic rings. The highest BCUT2D eigenvalue weighted by Gasteiger charge is 2.39. The molecule has 5 amide bonds. The Morgan fingerprint density at radius 2 is 1.46 bits per heavy atom. The van der Waals surface area contributed by atoms with Gasteiger partial charge >= 0.3 is 6.09 Å². The van der Waals surface area contributed by atoms with Gasteiger partial charge in [-0.1, -0.05) is 97.7 Å². The molecule has 0 bridgehead atoms. The van der Waals surface area contributed by atoms with Crippen LogP contribution in [0.4, 0.5) is 16.4 Å². The maximum absolute atomic E-state index is 14.8. The largest absolute Gasteiger partial charge is 0.508 e. The van der Waals surface area contributed by atoms with E-state index in [4.69, 9.17) is 39.1 Å². The lowest BCUT2D eigenvalue weighted by molar-refractivity contribution is -0.145. The Balaban J connectivity index is 0.000000413. The summed E-state index contributed by atoms with van der Waals surface area (Å²) < 4.78 is 33.0. The van der Waals surface area contributed by atoms with Gasteiger partial charge in [-0.3, -0.25) is 38.7 Å². The Bertz CT molecular complexity index is 3130. The summed E-state index contributed by atoms with van der Waals surface area (Å²) in [6.45, 7) is 23.9. The highest BCUT2D eigenvalue weighted by molar-refractivity contribution is 7.09. The Kier molecular flexibility index (Phi) is 37.6. The predicted octanol–water partition coefficient (Wildman–Crippen LogP) is 9.63. The van der Waals surface area contributed by atoms with Gasteiger partial charge in [0, 0.05) is 107 Å². The van der Waals surface area contributed by atoms with Crippen molar-refractivity contribution < 1.29 is 67.1 Å². The van der Waals surface area contributed by atoms with Crippen molar-refractivity contribution in [3.63, 3.8) is 0 Å². The fourth-order valence-corrected chi connectivity index (χ4v) is 12.5. The van der Waals surface area contributed by atoms with Crippen molar-refractivity contribution in [1.29, 1.82) is 0 Å². The minimum absolute atomic E-state index is 0.0192. The standard InChI is InChI=1S/C48H77N5O9S.C25H34N6O5/c1-10-21-53(47(58)38(33(7)12-3)28-42(55)40-16-14-15-22-52(40)9)41(32(5)6)29-44(61-23-11-2)46-51-39(31-63-46)45(57)50-36(27-35-17-19-37(54)20-18-35)26-34(8)43(56)30-49-48(59)62-25-24-60-13-4;1-2-34-14-15-35-13-12-27-21(32)4-3-5-22(33)29-16-18-6-8-19(9-7-18)17-36-24-23-20(10-11-28-23)30-25(26)31-24/h17-20,31-34,36,38,40-41,44,54H,10-16,21-30H2,1-9H3,(H,49,59)(H,50,57);6-9,11H,2-5,10,12-17H2,1H3,(H,27,32)(H,29,33)(H2,26,30,31)/t33-,34-,36+,38-,40+,41+,44+;/m0./s1. The zero-order chi connectivity index (χ0) is 72.1. The molecule has 0 aliphatic carbocycles. The summed E-state index contributed by atoms with van der Waals surface area (Å²) in [5.74, 6) is -0.817. The van der Waals surface area contributed by atoms with Crippen LogP contribution in [0, 0.1) is 23.7 Å². The summed E-state index contributed by atoms with van der Waals surface area (Å²) >= 11 is 1.34. The molecule has 25 nitrogen and oxygen atoms in total. The number of aromatic hydroxyl groups is 1. The average Bonchev–Trinajstić information content (AvgIpc) is 1.82. The van der Waals surface area contributed by atoms with Crippen LogP contribution in [-0.4, -0.2) is 182 Å². The van der Waals surface area contributed by atoms with Crippen LogP contribution in [0.25, 0.3) is 0 Å². The number of rotatable bonds is 45. The number of Topliss-reactive ketones (excluding diaryl/α,β-unsaturated/α-hetero) is 2. The summed E-state index contributed by atoms with van der Waals surface area (Å²) in [6.07, 6.45) is 8.89. The molecule has 4 heterocycles. The molecule has 1 fully saturated rings. The number of nitrogens with zero attached hydrogens (tertiary/aromatic N) is 6. The number of ketones is 2. The number of benzene rings is 2. The predicted molar refractivity (Wildman–Crippen MR) is 382 cm³/mol. The number of carbonyl (C=O) groups excluding carboxylic acids is 7. The van der Waals surface area contributed by atoms with E-state index in [9.17, 15) is 38.7 Å². The zero-order valence-corrected chi connectivity index (χ0v) is 60.9. The zero-order valence-electron chi connectivity index (χ0n) is 60.1. The van der Waals surface area contributed by atoms with Crippen molar-refractivity contribution in [3.8, 4) is 11.6 Å². The molecule has 1 saturated heterocycles. The quantitative estimate of drug-likeness (QED) is 0.0224. The summed E-state index contributed by atoms with van der Waals surface area (Å²) in [7, 11) is 2.01. The molecule has 2 aliphatic heterocycles. The number of alkyl carbamates (subject to hydrolysis) is 1. The fraction of sp³-hybridized carbons (Fsp3) is 0.630. The first-order valence-electron chi connectivity index (χ1n) is 35.5. The SMILES string of the molecule is CCCO[C@H](C[C@H](C(C)C)N(CCC)C(=O)[C@@H](CC(=O)[C@H]1CCCCN1C)[C@@H](C)CC)c1nc(C(=O)N[C@@H](Cc2ccc(O)cc2)C[C@H](C)C(=O)CNC(=O)OCCOCC)cs1.CCOCCOCCNC(=O)CCCC(=O)NCc1ccc(COc2nc(N)nc3c2N=CC3)cc1. The number of thiazole rings is 1. The molecule has 0 unspecified atom stereocenters. The topological polar surface area (TPSA) is 327 Å². The third-order valence-electron chi connectivity index (χ3n) is 17.4. The molecule has 7 N–H and O–H groups in total. The first-order valence-corrected chi connectivity index (χ1v) is 36.3. The van der Waals surface area contributed by atoms with Gasteiger partial charge in [-0.25, -0.2) is 14.8 Å². The lowest BCUT2D eigenvalue weighted by atomic mass is 9.82. The van der Waals surface area contributed by atoms with Crippen LogP contribution in [0.1, 0.15) is 183 Å². The third kappa shape index (κ3) is 29.3. The van der Waals surface area contributed by atoms with Gasteiger partial charge in [-0.15, -0.1) is 11.3 Å². The normalized spacial score (nSPS) is 15.3. The number of aliphatic imine (C=N–C) groups is 1. The summed E-state index contributed by atoms with van der Waals surface area (Å²) in [5, 5.41) is 23.5. The molecule has 2 aromatic heterocycles. The molecule has 6 rings (SSSR count). The molecule has 26 heteroatoms. The van der Waals surface area contributed by atoms with Crippen LogP contribution in [0.5, 0.6) is 11.6 Å². The van der Waals surface area contributed by atoms with Crippen LogP contribution >= 0.6 is 11.3 Å². The van der Waals surface area contributed by atoms with E-state index in [-0.39, 0.29) is 103 Å². The number of nitrogen functional groups attached to an aromatic ring is 1. The number of carbonyl (C=O) groups is 7. The number of nitrogens with two attached hydrogens (primary N) is 1. The molecule has 99 heavy (non-hydrogen) atoms. The number of hydrogen-bond acceptors (Lipinski definition) is 21. The van der Waals surface area contributed by atoms with Crippen molar-refractivity contribution >= 4 is 70.5 Å². The van der Waals surface area contributed by atoms with Gasteiger partial charge in [0.05, 0.1) is 44.7 Å². The number of nitrogens with one attached hydrogen (secondary N) is 4. The lowest BCUT2D eigenvalue weighted by Gasteiger charge is -2.40. The summed E-state index contributed by atoms with van der Waals surface area (Å²) in [5.41, 5.74) is 10.1. The van der Waals surface area contributed by atoms with Crippen LogP contribution in [-0.2, 0) is 73.7 Å². The monoisotopic (exact) mass is 1400 g/mol. The Morgan fingerprint density at radius 1 is 0.778 bits per heavy atom. The van der Waals surface area contributed by atoms with Gasteiger partial charge in [0.25, 0.3) is 5.91 Å². The molecule has 7 atom stereocenters. The van der Waals surface area contributed by atoms with E-state index in [0.29, 0.717) is 121 Å². The van der Waals surface area contributed by atoms with Crippen molar-refractivity contribution in [1.82, 2.24) is 46.0 Å². The summed E-state index contributed by atoms with van der Waals surface area (Å²) in [4.78, 5) is 113. The van der Waals surface area contributed by atoms with E-state index in [0.717, 1.165) is 67.5 Å². The number of aromatic nitrogens is 3. The lowest BCUT2D eigenvalue weighted by Crippen LogP contribution is -2.50. The van der Waals surface area contributed by atoms with Gasteiger partial charge in [-0.05, 0) is 113 Å². The van der Waals surface area contributed by atoms with Gasteiger partial charge in [0.1, 0.15) is 41.5 Å². The number of ether oxygens (including phenoxy) is 6. The van der Waals surface area contributed by atoms with E-state index in [2.05, 4.69) is 75.7 Å². The Hall–Kier alpha value is -7.49. The molecule has 0 radical (unpaired) electrons. The minimum atomic E-state index is -0.709. The molecule has 0 saturated carbocycles. The van der Waals surface area contributed by atoms with Gasteiger partial charge in [0.15, 0.2) is 11.6 Å². The molecule has 548 valence electrons. The number of anilines is 1. The van der Waals surface area contributed by atoms with Gasteiger partial charge < -0.3 is 65.4 Å². The number of amides is 5. The number of likely N-dealkylation sites (N-methyl/N-ethyl adjacent to an activating group) is 1. The van der Waals surface area contributed by atoms with E-state index < -0.39 is 36.0 Å². The number of piperidine rings is 1. The second-order valence-corrected chi connectivity index (χ2v) is 26.5. The van der Waals surface area contributed by atoms with Crippen molar-refractivity contribution in [2.75, 3.05) is 91.8 Å². The minimum Gasteiger partial charge on any atom is -0.508 e. The fourth-order valence-electron chi connectivity index (χ4n) is 11.6. The van der Waals surface area contributed by atoms with Crippen molar-refractivity contribution in [2.45, 2.75) is 190 Å². The van der Waals surface area contributed by atoms with Crippen LogP contribution in [0.15, 0.2) is 58.9 Å². The van der Waals surface area contributed by atoms with E-state index in [1.807, 2.05) is 57.0 Å². The van der Waals surface area contributed by atoms with Gasteiger partial charge in [0.2, 0.25) is 29.5 Å². The number of phenolic OH excluding ortho intramolecular Hbond substituents is 1. The van der Waals surface area contributed by atoms with Crippen LogP contribution in [0.2, 0.25) is 0 Å². The van der Waals surface area contributed by atoms with E-state index in [1.54, 1.807) is 42.8 Å². The highest BCUT2D eigenvalue weighted by atomic mass is 32.1. The Labute approximate surface area is 589 Å². The first-order chi connectivity index (χ1) is 47.7. The second kappa shape index (κ2) is 45.3. The maximum Gasteiger partial charge on any atom is 0.407 e. The van der Waals surface area contributed by atoms with Crippen molar-refractivity contribution in [3.05, 3.63) is 87.0 Å². The molecule has 2 aliphatic rings. The van der Waals surface area contributed by atoms with Crippen LogP contribution < -0.4 is 31.7 Å². The number of fused-ring (bicyclic) bond motifs is 1.